The lowest BCUT2D eigenvalue weighted by molar-refractivity contribution is -0.142. The summed E-state index contributed by atoms with van der Waals surface area (Å²) in [5, 5.41) is 9.16. The highest BCUT2D eigenvalue weighted by Gasteiger charge is 2.27. The van der Waals surface area contributed by atoms with E-state index in [0.29, 0.717) is 64.5 Å². The summed E-state index contributed by atoms with van der Waals surface area (Å²) in [6.45, 7) is 8.00. The number of amides is 1. The number of hydrogen-bond donors (Lipinski definition) is 1. The molecule has 1 aromatic heterocycles. The van der Waals surface area contributed by atoms with Gasteiger partial charge in [-0.05, 0) is 26.7 Å². The third kappa shape index (κ3) is 4.58. The summed E-state index contributed by atoms with van der Waals surface area (Å²) in [4.78, 5) is 38.1. The summed E-state index contributed by atoms with van der Waals surface area (Å²) < 4.78 is 5.06. The molecule has 2 saturated heterocycles. The van der Waals surface area contributed by atoms with Crippen LogP contribution in [0.2, 0.25) is 0 Å². The van der Waals surface area contributed by atoms with Crippen LogP contribution in [0.5, 0.6) is 0 Å². The second-order valence-electron chi connectivity index (χ2n) is 6.90. The van der Waals surface area contributed by atoms with Crippen molar-refractivity contribution in [2.24, 2.45) is 5.92 Å². The quantitative estimate of drug-likeness (QED) is 0.840. The van der Waals surface area contributed by atoms with E-state index in [0.717, 1.165) is 11.6 Å². The lowest BCUT2D eigenvalue weighted by atomic mass is 9.97. The Bertz CT molecular complexity index is 682. The molecule has 0 unspecified atom stereocenters. The van der Waals surface area contributed by atoms with E-state index in [4.69, 9.17) is 9.84 Å². The summed E-state index contributed by atoms with van der Waals surface area (Å²) >= 11 is 0. The number of aromatic nitrogens is 2. The first-order valence-corrected chi connectivity index (χ1v) is 9.48. The number of carboxylic acid groups (broad SMARTS) is 1. The minimum atomic E-state index is -0.714. The molecule has 0 aliphatic carbocycles. The van der Waals surface area contributed by atoms with Gasteiger partial charge in [0, 0.05) is 45.3 Å². The van der Waals surface area contributed by atoms with E-state index in [-0.39, 0.29) is 12.0 Å². The molecule has 2 aliphatic heterocycles. The molecule has 0 aromatic carbocycles. The third-order valence-corrected chi connectivity index (χ3v) is 5.11. The summed E-state index contributed by atoms with van der Waals surface area (Å²) in [5.74, 6) is 1.40. The van der Waals surface area contributed by atoms with Crippen molar-refractivity contribution in [1.82, 2.24) is 14.9 Å². The van der Waals surface area contributed by atoms with Crippen LogP contribution in [0.3, 0.4) is 0 Å². The van der Waals surface area contributed by atoms with Crippen molar-refractivity contribution in [1.29, 1.82) is 0 Å². The van der Waals surface area contributed by atoms with Gasteiger partial charge in [0.2, 0.25) is 0 Å². The highest BCUT2D eigenvalue weighted by Crippen LogP contribution is 2.25. The summed E-state index contributed by atoms with van der Waals surface area (Å²) in [6.07, 6.45) is 0.996. The molecule has 9 heteroatoms. The van der Waals surface area contributed by atoms with Crippen molar-refractivity contribution in [2.45, 2.75) is 26.7 Å². The van der Waals surface area contributed by atoms with Crippen LogP contribution >= 0.6 is 0 Å². The van der Waals surface area contributed by atoms with Crippen molar-refractivity contribution >= 4 is 23.7 Å². The average molecular weight is 377 g/mol. The molecule has 0 saturated carbocycles. The maximum Gasteiger partial charge on any atom is 0.409 e. The largest absolute Gasteiger partial charge is 0.481 e. The first-order valence-electron chi connectivity index (χ1n) is 9.48. The van der Waals surface area contributed by atoms with Crippen molar-refractivity contribution < 1.29 is 19.4 Å². The second kappa shape index (κ2) is 8.41. The topological polar surface area (TPSA) is 99.1 Å². The maximum absolute atomic E-state index is 11.8. The Labute approximate surface area is 158 Å². The van der Waals surface area contributed by atoms with Crippen molar-refractivity contribution in [2.75, 3.05) is 55.7 Å². The number of piperidine rings is 1. The van der Waals surface area contributed by atoms with Gasteiger partial charge in [0.25, 0.3) is 0 Å². The molecule has 0 atom stereocenters. The average Bonchev–Trinajstić information content (AvgIpc) is 2.68. The molecule has 27 heavy (non-hydrogen) atoms. The molecular formula is C18H27N5O4. The van der Waals surface area contributed by atoms with Gasteiger partial charge in [0.15, 0.2) is 0 Å². The van der Waals surface area contributed by atoms with Crippen LogP contribution in [0.25, 0.3) is 0 Å². The van der Waals surface area contributed by atoms with Gasteiger partial charge in [-0.3, -0.25) is 4.79 Å². The van der Waals surface area contributed by atoms with Crippen molar-refractivity contribution in [3.05, 3.63) is 11.9 Å². The van der Waals surface area contributed by atoms with Gasteiger partial charge < -0.3 is 24.5 Å². The predicted octanol–water partition coefficient (Wildman–Crippen LogP) is 1.36. The molecule has 2 aliphatic rings. The van der Waals surface area contributed by atoms with Crippen LogP contribution in [-0.4, -0.2) is 77.9 Å². The molecule has 1 N–H and O–H groups in total. The first-order chi connectivity index (χ1) is 13.0. The number of ether oxygens (including phenoxy) is 1. The molecule has 2 fully saturated rings. The number of carbonyl (C=O) groups is 2. The van der Waals surface area contributed by atoms with E-state index in [1.54, 1.807) is 11.8 Å². The number of piperazine rings is 1. The molecule has 3 rings (SSSR count). The van der Waals surface area contributed by atoms with Gasteiger partial charge in [0.1, 0.15) is 17.5 Å². The number of aliphatic carboxylic acids is 1. The Hall–Kier alpha value is -2.58. The molecule has 148 valence electrons. The molecule has 0 spiro atoms. The molecule has 3 heterocycles. The predicted molar refractivity (Wildman–Crippen MR) is 100 cm³/mol. The SMILES string of the molecule is CCOC(=O)N1CCN(c2cc(N3CCC(C(=O)O)CC3)nc(C)n2)CC1. The standard InChI is InChI=1S/C18H27N5O4/c1-3-27-18(26)23-10-8-22(9-11-23)16-12-15(19-13(2)20-16)21-6-4-14(5-7-21)17(24)25/h12,14H,3-11H2,1-2H3,(H,24,25). The molecule has 1 amide bonds. The van der Waals surface area contributed by atoms with E-state index < -0.39 is 5.97 Å². The number of hydrogen-bond acceptors (Lipinski definition) is 7. The van der Waals surface area contributed by atoms with Crippen LogP contribution in [0.1, 0.15) is 25.6 Å². The zero-order valence-corrected chi connectivity index (χ0v) is 15.9. The zero-order chi connectivity index (χ0) is 19.4. The molecular weight excluding hydrogens is 350 g/mol. The van der Waals surface area contributed by atoms with E-state index in [9.17, 15) is 9.59 Å². The van der Waals surface area contributed by atoms with Crippen molar-refractivity contribution in [3.8, 4) is 0 Å². The highest BCUT2D eigenvalue weighted by molar-refractivity contribution is 5.70. The van der Waals surface area contributed by atoms with Crippen LogP contribution in [-0.2, 0) is 9.53 Å². The van der Waals surface area contributed by atoms with Crippen molar-refractivity contribution in [3.63, 3.8) is 0 Å². The number of aryl methyl sites for hydroxylation is 1. The van der Waals surface area contributed by atoms with E-state index in [1.165, 1.54) is 0 Å². The number of nitrogens with zero attached hydrogens (tertiary/aromatic N) is 5. The van der Waals surface area contributed by atoms with Gasteiger partial charge in [-0.15, -0.1) is 0 Å². The fraction of sp³-hybridized carbons (Fsp3) is 0.667. The van der Waals surface area contributed by atoms with Gasteiger partial charge in [0.05, 0.1) is 12.5 Å². The lowest BCUT2D eigenvalue weighted by Gasteiger charge is -2.36. The van der Waals surface area contributed by atoms with Crippen LogP contribution < -0.4 is 9.80 Å². The minimum Gasteiger partial charge on any atom is -0.481 e. The van der Waals surface area contributed by atoms with E-state index in [1.807, 2.05) is 13.0 Å². The van der Waals surface area contributed by atoms with Gasteiger partial charge in [-0.25, -0.2) is 14.8 Å². The fourth-order valence-corrected chi connectivity index (χ4v) is 3.55. The third-order valence-electron chi connectivity index (χ3n) is 5.11. The maximum atomic E-state index is 11.8. The molecule has 9 nitrogen and oxygen atoms in total. The number of carboxylic acids is 1. The number of anilines is 2. The summed E-state index contributed by atoms with van der Waals surface area (Å²) in [6, 6.07) is 1.97. The minimum absolute atomic E-state index is 0.264. The van der Waals surface area contributed by atoms with Gasteiger partial charge in [-0.2, -0.15) is 0 Å². The van der Waals surface area contributed by atoms with Crippen LogP contribution in [0.15, 0.2) is 6.07 Å². The van der Waals surface area contributed by atoms with E-state index in [2.05, 4.69) is 19.8 Å². The van der Waals surface area contributed by atoms with Gasteiger partial charge >= 0.3 is 12.1 Å². The molecule has 0 radical (unpaired) electrons. The molecule has 1 aromatic rings. The van der Waals surface area contributed by atoms with Crippen LogP contribution in [0.4, 0.5) is 16.4 Å². The normalized spacial score (nSPS) is 18.5. The summed E-state index contributed by atoms with van der Waals surface area (Å²) in [5.41, 5.74) is 0. The Kier molecular flexibility index (Phi) is 5.98. The second-order valence-corrected chi connectivity index (χ2v) is 6.90. The van der Waals surface area contributed by atoms with Crippen LogP contribution in [0, 0.1) is 12.8 Å². The monoisotopic (exact) mass is 377 g/mol. The highest BCUT2D eigenvalue weighted by atomic mass is 16.6. The smallest absolute Gasteiger partial charge is 0.409 e. The Morgan fingerprint density at radius 2 is 1.63 bits per heavy atom. The lowest BCUT2D eigenvalue weighted by Crippen LogP contribution is -2.49. The molecule has 0 bridgehead atoms. The number of rotatable bonds is 4. The van der Waals surface area contributed by atoms with E-state index >= 15 is 0 Å². The Balaban J connectivity index is 1.64. The Morgan fingerprint density at radius 3 is 2.15 bits per heavy atom. The number of carbonyl (C=O) groups excluding carboxylic acids is 1. The fourth-order valence-electron chi connectivity index (χ4n) is 3.55. The Morgan fingerprint density at radius 1 is 1.07 bits per heavy atom. The summed E-state index contributed by atoms with van der Waals surface area (Å²) in [7, 11) is 0. The van der Waals surface area contributed by atoms with Gasteiger partial charge in [-0.1, -0.05) is 0 Å². The zero-order valence-electron chi connectivity index (χ0n) is 15.9. The first kappa shape index (κ1) is 19.2.